The maximum absolute atomic E-state index is 10.1. The van der Waals surface area contributed by atoms with E-state index >= 15 is 0 Å². The van der Waals surface area contributed by atoms with Gasteiger partial charge >= 0.3 is 18.1 Å². The zero-order valence-corrected chi connectivity index (χ0v) is 15.1. The summed E-state index contributed by atoms with van der Waals surface area (Å²) < 4.78 is 0. The molecule has 0 heterocycles. The van der Waals surface area contributed by atoms with Crippen molar-refractivity contribution in [2.45, 2.75) is 77.0 Å². The van der Waals surface area contributed by atoms with Crippen LogP contribution < -0.4 is 11.5 Å². The van der Waals surface area contributed by atoms with Gasteiger partial charge in [-0.2, -0.15) is 9.59 Å². The zero-order chi connectivity index (χ0) is 19.8. The Bertz CT molecular complexity index is 305. The Balaban J connectivity index is -0.000000334. The van der Waals surface area contributed by atoms with Crippen LogP contribution in [-0.2, 0) is 19.2 Å². The molecule has 0 bridgehead atoms. The molecule has 0 aliphatic heterocycles. The first kappa shape index (κ1) is 28.1. The third-order valence-electron chi connectivity index (χ3n) is 3.19. The van der Waals surface area contributed by atoms with Gasteiger partial charge in [-0.25, -0.2) is 0 Å². The number of carbonyl (C=O) groups excluding carboxylic acids is 2. The minimum Gasteiger partial charge on any atom is -0.481 e. The lowest BCUT2D eigenvalue weighted by molar-refractivity contribution is -0.191. The normalized spacial score (nSPS) is 9.04. The number of unbranched alkanes of at least 4 members (excludes halogenated alkanes) is 8. The second-order valence-electron chi connectivity index (χ2n) is 5.48. The quantitative estimate of drug-likeness (QED) is 0.342. The van der Waals surface area contributed by atoms with Crippen molar-refractivity contribution in [2.24, 2.45) is 11.5 Å². The molecule has 0 atom stereocenters. The molecule has 8 nitrogen and oxygen atoms in total. The average molecular weight is 362 g/mol. The van der Waals surface area contributed by atoms with E-state index in [0.29, 0.717) is 12.8 Å². The van der Waals surface area contributed by atoms with E-state index in [-0.39, 0.29) is 6.15 Å². The molecule has 6 N–H and O–H groups in total. The first-order valence-electron chi connectivity index (χ1n) is 8.79. The van der Waals surface area contributed by atoms with E-state index < -0.39 is 11.9 Å². The first-order valence-corrected chi connectivity index (χ1v) is 8.79. The van der Waals surface area contributed by atoms with Gasteiger partial charge in [0.2, 0.25) is 0 Å². The van der Waals surface area contributed by atoms with Crippen molar-refractivity contribution < 1.29 is 29.4 Å². The van der Waals surface area contributed by atoms with Gasteiger partial charge in [0.25, 0.3) is 0 Å². The summed E-state index contributed by atoms with van der Waals surface area (Å²) in [6.45, 7) is 1.50. The van der Waals surface area contributed by atoms with E-state index in [4.69, 9.17) is 31.3 Å². The monoisotopic (exact) mass is 362 g/mol. The summed E-state index contributed by atoms with van der Waals surface area (Å²) >= 11 is 0. The van der Waals surface area contributed by atoms with Crippen molar-refractivity contribution in [2.75, 3.05) is 13.1 Å². The summed E-state index contributed by atoms with van der Waals surface area (Å²) in [7, 11) is 0. The molecular weight excluding hydrogens is 328 g/mol. The number of aliphatic carboxylic acids is 2. The number of carboxylic acids is 2. The standard InChI is InChI=1S/2C8H17NO2.CO2/c2*9-7-5-3-1-2-4-6-8(10)11;2-1-3/h2*1-7,9H2,(H,10,11);. The van der Waals surface area contributed by atoms with Gasteiger partial charge in [-0.1, -0.05) is 38.5 Å². The number of hydrogen-bond donors (Lipinski definition) is 4. The molecule has 0 unspecified atom stereocenters. The van der Waals surface area contributed by atoms with Crippen LogP contribution >= 0.6 is 0 Å². The molecule has 0 aromatic carbocycles. The predicted molar refractivity (Wildman–Crippen MR) is 93.8 cm³/mol. The van der Waals surface area contributed by atoms with Crippen molar-refractivity contribution in [3.05, 3.63) is 0 Å². The van der Waals surface area contributed by atoms with E-state index in [2.05, 4.69) is 0 Å². The third-order valence-corrected chi connectivity index (χ3v) is 3.19. The maximum atomic E-state index is 10.1. The lowest BCUT2D eigenvalue weighted by Gasteiger charge is -1.97. The van der Waals surface area contributed by atoms with Gasteiger partial charge < -0.3 is 21.7 Å². The Kier molecular flexibility index (Phi) is 30.4. The van der Waals surface area contributed by atoms with Crippen LogP contribution in [0.2, 0.25) is 0 Å². The van der Waals surface area contributed by atoms with Crippen molar-refractivity contribution in [3.8, 4) is 0 Å². The summed E-state index contributed by atoms with van der Waals surface area (Å²) in [6.07, 6.45) is 11.1. The number of hydrogen-bond acceptors (Lipinski definition) is 6. The molecule has 0 aromatic rings. The molecule has 8 heteroatoms. The van der Waals surface area contributed by atoms with E-state index in [1.807, 2.05) is 0 Å². The lowest BCUT2D eigenvalue weighted by Crippen LogP contribution is -1.98. The van der Waals surface area contributed by atoms with Crippen LogP contribution in [0.3, 0.4) is 0 Å². The molecule has 0 aromatic heterocycles. The Morgan fingerprint density at radius 2 is 0.840 bits per heavy atom. The van der Waals surface area contributed by atoms with Gasteiger partial charge in [0.15, 0.2) is 0 Å². The Hall–Kier alpha value is -1.76. The second kappa shape index (κ2) is 27.1. The average Bonchev–Trinajstić information content (AvgIpc) is 2.55. The predicted octanol–water partition coefficient (Wildman–Crippen LogP) is 2.16. The molecule has 0 aliphatic carbocycles. The highest BCUT2D eigenvalue weighted by atomic mass is 16.4. The van der Waals surface area contributed by atoms with Crippen molar-refractivity contribution in [1.82, 2.24) is 0 Å². The smallest absolute Gasteiger partial charge is 0.373 e. The molecule has 148 valence electrons. The van der Waals surface area contributed by atoms with Crippen molar-refractivity contribution in [1.29, 1.82) is 0 Å². The number of rotatable bonds is 14. The van der Waals surface area contributed by atoms with Crippen LogP contribution in [0.25, 0.3) is 0 Å². The van der Waals surface area contributed by atoms with Gasteiger partial charge in [0, 0.05) is 12.8 Å². The fourth-order valence-electron chi connectivity index (χ4n) is 1.90. The molecule has 0 radical (unpaired) electrons. The second-order valence-corrected chi connectivity index (χ2v) is 5.48. The molecule has 0 rings (SSSR count). The van der Waals surface area contributed by atoms with Gasteiger partial charge in [-0.05, 0) is 38.8 Å². The molecular formula is C17H34N2O6. The summed E-state index contributed by atoms with van der Waals surface area (Å²) in [5.41, 5.74) is 10.6. The van der Waals surface area contributed by atoms with Crippen LogP contribution in [0.5, 0.6) is 0 Å². The van der Waals surface area contributed by atoms with Crippen molar-refractivity contribution in [3.63, 3.8) is 0 Å². The maximum Gasteiger partial charge on any atom is 0.373 e. The van der Waals surface area contributed by atoms with Crippen LogP contribution in [0.4, 0.5) is 0 Å². The summed E-state index contributed by atoms with van der Waals surface area (Å²) in [4.78, 5) is 36.4. The Morgan fingerprint density at radius 3 is 1.08 bits per heavy atom. The molecule has 0 fully saturated rings. The van der Waals surface area contributed by atoms with Crippen LogP contribution in [0.15, 0.2) is 0 Å². The van der Waals surface area contributed by atoms with Gasteiger partial charge in [-0.3, -0.25) is 9.59 Å². The largest absolute Gasteiger partial charge is 0.481 e. The first-order chi connectivity index (χ1) is 12.0. The molecule has 0 saturated heterocycles. The molecule has 0 saturated carbocycles. The summed E-state index contributed by atoms with van der Waals surface area (Å²) in [5.74, 6) is -1.38. The minimum atomic E-state index is -0.691. The van der Waals surface area contributed by atoms with E-state index in [9.17, 15) is 9.59 Å². The molecule has 0 amide bonds. The topological polar surface area (TPSA) is 161 Å². The lowest BCUT2D eigenvalue weighted by atomic mass is 10.1. The van der Waals surface area contributed by atoms with Gasteiger partial charge in [0.1, 0.15) is 0 Å². The fraction of sp³-hybridized carbons (Fsp3) is 0.824. The van der Waals surface area contributed by atoms with Crippen LogP contribution in [-0.4, -0.2) is 41.4 Å². The van der Waals surface area contributed by atoms with Crippen LogP contribution in [0.1, 0.15) is 77.0 Å². The van der Waals surface area contributed by atoms with E-state index in [1.165, 1.54) is 0 Å². The van der Waals surface area contributed by atoms with Gasteiger partial charge in [-0.15, -0.1) is 0 Å². The number of nitrogens with two attached hydrogens (primary N) is 2. The van der Waals surface area contributed by atoms with Crippen molar-refractivity contribution >= 4 is 18.1 Å². The SMILES string of the molecule is NCCCCCCCC(=O)O.NCCCCCCCC(=O)O.O=C=O. The summed E-state index contributed by atoms with van der Waals surface area (Å²) in [6, 6.07) is 0. The highest BCUT2D eigenvalue weighted by molar-refractivity contribution is 5.66. The molecule has 0 spiro atoms. The van der Waals surface area contributed by atoms with E-state index in [1.54, 1.807) is 0 Å². The minimum absolute atomic E-state index is 0.250. The molecule has 0 aliphatic rings. The Morgan fingerprint density at radius 1 is 0.600 bits per heavy atom. The highest BCUT2D eigenvalue weighted by Gasteiger charge is 1.96. The number of carbonyl (C=O) groups is 2. The Labute approximate surface area is 150 Å². The van der Waals surface area contributed by atoms with Gasteiger partial charge in [0.05, 0.1) is 0 Å². The van der Waals surface area contributed by atoms with E-state index in [0.717, 1.165) is 77.3 Å². The zero-order valence-electron chi connectivity index (χ0n) is 15.1. The molecule has 25 heavy (non-hydrogen) atoms. The highest BCUT2D eigenvalue weighted by Crippen LogP contribution is 2.04. The number of carboxylic acid groups (broad SMARTS) is 2. The third kappa shape index (κ3) is 44.9. The fourth-order valence-corrected chi connectivity index (χ4v) is 1.90. The summed E-state index contributed by atoms with van der Waals surface area (Å²) in [5, 5.41) is 16.6. The van der Waals surface area contributed by atoms with Crippen LogP contribution in [0, 0.1) is 0 Å².